The molecule has 1 aromatic carbocycles. The minimum absolute atomic E-state index is 0.00287. The molecular weight excluding hydrogens is 304 g/mol. The molecule has 0 spiro atoms. The average Bonchev–Trinajstić information content (AvgIpc) is 3.05. The van der Waals surface area contributed by atoms with E-state index in [1.165, 1.54) is 0 Å². The molecular formula is C19H28N2O3. The molecule has 1 saturated heterocycles. The summed E-state index contributed by atoms with van der Waals surface area (Å²) in [5, 5.41) is 0. The van der Waals surface area contributed by atoms with E-state index >= 15 is 0 Å². The molecule has 5 nitrogen and oxygen atoms in total. The predicted octanol–water partition coefficient (Wildman–Crippen LogP) is 2.77. The van der Waals surface area contributed by atoms with E-state index in [4.69, 9.17) is 4.74 Å². The van der Waals surface area contributed by atoms with Gasteiger partial charge in [-0.2, -0.15) is 0 Å². The summed E-state index contributed by atoms with van der Waals surface area (Å²) < 4.78 is 5.60. The molecule has 5 heteroatoms. The van der Waals surface area contributed by atoms with Gasteiger partial charge in [0, 0.05) is 45.3 Å². The Hall–Kier alpha value is -1.88. The van der Waals surface area contributed by atoms with Crippen LogP contribution in [0.5, 0.6) is 0 Å². The van der Waals surface area contributed by atoms with Crippen LogP contribution in [0, 0.1) is 6.92 Å². The first-order valence-electron chi connectivity index (χ1n) is 8.75. The maximum atomic E-state index is 12.6. The zero-order valence-electron chi connectivity index (χ0n) is 15.0. The lowest BCUT2D eigenvalue weighted by Gasteiger charge is -2.26. The highest BCUT2D eigenvalue weighted by molar-refractivity contribution is 5.93. The maximum Gasteiger partial charge on any atom is 0.228 e. The molecule has 1 aromatic rings. The Labute approximate surface area is 144 Å². The summed E-state index contributed by atoms with van der Waals surface area (Å²) in [6.07, 6.45) is 2.48. The second-order valence-corrected chi connectivity index (χ2v) is 6.33. The van der Waals surface area contributed by atoms with Crippen LogP contribution in [0.2, 0.25) is 0 Å². The summed E-state index contributed by atoms with van der Waals surface area (Å²) in [6, 6.07) is 7.93. The molecule has 0 aliphatic carbocycles. The van der Waals surface area contributed by atoms with Gasteiger partial charge in [-0.1, -0.05) is 12.1 Å². The van der Waals surface area contributed by atoms with Crippen molar-refractivity contribution in [3.8, 4) is 0 Å². The lowest BCUT2D eigenvalue weighted by atomic mass is 10.2. The number of anilines is 1. The fourth-order valence-electron chi connectivity index (χ4n) is 3.08. The van der Waals surface area contributed by atoms with Gasteiger partial charge in [-0.15, -0.1) is 0 Å². The Morgan fingerprint density at radius 3 is 2.71 bits per heavy atom. The Morgan fingerprint density at radius 2 is 2.12 bits per heavy atom. The third-order valence-corrected chi connectivity index (χ3v) is 4.42. The predicted molar refractivity (Wildman–Crippen MR) is 95.1 cm³/mol. The highest BCUT2D eigenvalue weighted by atomic mass is 16.5. The quantitative estimate of drug-likeness (QED) is 0.771. The number of carbonyl (C=O) groups is 2. The first-order chi connectivity index (χ1) is 11.5. The van der Waals surface area contributed by atoms with E-state index in [9.17, 15) is 9.59 Å². The van der Waals surface area contributed by atoms with E-state index in [2.05, 4.69) is 0 Å². The van der Waals surface area contributed by atoms with Gasteiger partial charge in [0.05, 0.1) is 6.10 Å². The van der Waals surface area contributed by atoms with Crippen molar-refractivity contribution in [2.24, 2.45) is 0 Å². The van der Waals surface area contributed by atoms with E-state index in [0.29, 0.717) is 26.1 Å². The van der Waals surface area contributed by atoms with Crippen molar-refractivity contribution in [3.63, 3.8) is 0 Å². The lowest BCUT2D eigenvalue weighted by Crippen LogP contribution is -2.39. The molecule has 1 unspecified atom stereocenters. The van der Waals surface area contributed by atoms with Gasteiger partial charge in [-0.25, -0.2) is 0 Å². The number of aryl methyl sites for hydroxylation is 1. The van der Waals surface area contributed by atoms with Crippen LogP contribution in [0.15, 0.2) is 24.3 Å². The van der Waals surface area contributed by atoms with Gasteiger partial charge in [-0.05, 0) is 44.4 Å². The molecule has 24 heavy (non-hydrogen) atoms. The molecule has 0 aromatic heterocycles. The second kappa shape index (κ2) is 8.83. The Kier molecular flexibility index (Phi) is 6.79. The third-order valence-electron chi connectivity index (χ3n) is 4.42. The first-order valence-corrected chi connectivity index (χ1v) is 8.75. The van der Waals surface area contributed by atoms with Crippen LogP contribution < -0.4 is 4.90 Å². The molecule has 1 fully saturated rings. The molecule has 2 amide bonds. The Morgan fingerprint density at radius 1 is 1.33 bits per heavy atom. The first kappa shape index (κ1) is 18.5. The van der Waals surface area contributed by atoms with Crippen LogP contribution >= 0.6 is 0 Å². The minimum atomic E-state index is -0.00287. The standard InChI is InChI=1S/C19H28N2O3/c1-4-21(17-8-5-7-15(2)13-17)19(23)10-11-20(16(3)22)14-18-9-6-12-24-18/h5,7-8,13,18H,4,6,9-12,14H2,1-3H3. The van der Waals surface area contributed by atoms with E-state index in [1.54, 1.807) is 16.7 Å². The van der Waals surface area contributed by atoms with E-state index < -0.39 is 0 Å². The van der Waals surface area contributed by atoms with Gasteiger partial charge < -0.3 is 14.5 Å². The van der Waals surface area contributed by atoms with Gasteiger partial charge in [0.2, 0.25) is 11.8 Å². The number of rotatable bonds is 7. The molecule has 0 N–H and O–H groups in total. The van der Waals surface area contributed by atoms with Gasteiger partial charge in [0.1, 0.15) is 0 Å². The van der Waals surface area contributed by atoms with Crippen molar-refractivity contribution >= 4 is 17.5 Å². The SMILES string of the molecule is CCN(C(=O)CCN(CC1CCCO1)C(C)=O)c1cccc(C)c1. The van der Waals surface area contributed by atoms with Gasteiger partial charge >= 0.3 is 0 Å². The highest BCUT2D eigenvalue weighted by Gasteiger charge is 2.22. The van der Waals surface area contributed by atoms with Crippen molar-refractivity contribution in [2.45, 2.75) is 46.1 Å². The summed E-state index contributed by atoms with van der Waals surface area (Å²) >= 11 is 0. The van der Waals surface area contributed by atoms with Crippen molar-refractivity contribution in [1.82, 2.24) is 4.90 Å². The van der Waals surface area contributed by atoms with Gasteiger partial charge in [0.15, 0.2) is 0 Å². The molecule has 1 aliphatic heterocycles. The number of hydrogen-bond acceptors (Lipinski definition) is 3. The topological polar surface area (TPSA) is 49.9 Å². The number of ether oxygens (including phenoxy) is 1. The van der Waals surface area contributed by atoms with Crippen LogP contribution in [0.25, 0.3) is 0 Å². The van der Waals surface area contributed by atoms with Crippen LogP contribution in [-0.4, -0.2) is 49.1 Å². The average molecular weight is 332 g/mol. The molecule has 0 radical (unpaired) electrons. The number of carbonyl (C=O) groups excluding carboxylic acids is 2. The monoisotopic (exact) mass is 332 g/mol. The van der Waals surface area contributed by atoms with Crippen LogP contribution in [0.4, 0.5) is 5.69 Å². The number of hydrogen-bond donors (Lipinski definition) is 0. The van der Waals surface area contributed by atoms with Gasteiger partial charge in [-0.3, -0.25) is 9.59 Å². The molecule has 1 atom stereocenters. The zero-order chi connectivity index (χ0) is 17.5. The van der Waals surface area contributed by atoms with Gasteiger partial charge in [0.25, 0.3) is 0 Å². The third kappa shape index (κ3) is 5.06. The molecule has 2 rings (SSSR count). The highest BCUT2D eigenvalue weighted by Crippen LogP contribution is 2.17. The largest absolute Gasteiger partial charge is 0.376 e. The van der Waals surface area contributed by atoms with Crippen LogP contribution in [-0.2, 0) is 14.3 Å². The van der Waals surface area contributed by atoms with Crippen molar-refractivity contribution < 1.29 is 14.3 Å². The smallest absolute Gasteiger partial charge is 0.228 e. The second-order valence-electron chi connectivity index (χ2n) is 6.33. The van der Waals surface area contributed by atoms with Crippen molar-refractivity contribution in [2.75, 3.05) is 31.1 Å². The Balaban J connectivity index is 1.94. The maximum absolute atomic E-state index is 12.6. The van der Waals surface area contributed by atoms with E-state index in [1.807, 2.05) is 38.1 Å². The molecule has 0 bridgehead atoms. The zero-order valence-corrected chi connectivity index (χ0v) is 15.0. The van der Waals surface area contributed by atoms with E-state index in [-0.39, 0.29) is 17.9 Å². The van der Waals surface area contributed by atoms with Crippen LogP contribution in [0.3, 0.4) is 0 Å². The summed E-state index contributed by atoms with van der Waals surface area (Å²) in [7, 11) is 0. The summed E-state index contributed by atoms with van der Waals surface area (Å²) in [5.41, 5.74) is 2.04. The molecule has 0 saturated carbocycles. The fraction of sp³-hybridized carbons (Fsp3) is 0.579. The summed E-state index contributed by atoms with van der Waals surface area (Å²) in [5.74, 6) is 0.0404. The number of amides is 2. The van der Waals surface area contributed by atoms with Crippen LogP contribution in [0.1, 0.15) is 38.7 Å². The molecule has 1 heterocycles. The number of benzene rings is 1. The molecule has 1 aliphatic rings. The Bertz CT molecular complexity index is 567. The molecule has 132 valence electrons. The normalized spacial score (nSPS) is 16.9. The minimum Gasteiger partial charge on any atom is -0.376 e. The lowest BCUT2D eigenvalue weighted by molar-refractivity contribution is -0.131. The van der Waals surface area contributed by atoms with E-state index in [0.717, 1.165) is 30.7 Å². The van der Waals surface area contributed by atoms with Crippen molar-refractivity contribution in [3.05, 3.63) is 29.8 Å². The van der Waals surface area contributed by atoms with Crippen molar-refractivity contribution in [1.29, 1.82) is 0 Å². The number of nitrogens with zero attached hydrogens (tertiary/aromatic N) is 2. The fourth-order valence-corrected chi connectivity index (χ4v) is 3.08. The summed E-state index contributed by atoms with van der Waals surface area (Å²) in [6.45, 7) is 7.95. The summed E-state index contributed by atoms with van der Waals surface area (Å²) in [4.78, 5) is 28.0.